The minimum atomic E-state index is -4.66. The molecule has 11 heteroatoms. The van der Waals surface area contributed by atoms with E-state index in [1.807, 2.05) is 31.5 Å². The molecule has 7 nitrogen and oxygen atoms in total. The summed E-state index contributed by atoms with van der Waals surface area (Å²) in [6.45, 7) is 7.02. The van der Waals surface area contributed by atoms with E-state index in [1.54, 1.807) is 12.1 Å². The average Bonchev–Trinajstić information content (AvgIpc) is 3.48. The molecule has 0 spiro atoms. The van der Waals surface area contributed by atoms with Crippen LogP contribution in [-0.2, 0) is 29.5 Å². The largest absolute Gasteiger partial charge is 0.618 e. The summed E-state index contributed by atoms with van der Waals surface area (Å²) in [5.74, 6) is -0.962. The third-order valence-corrected chi connectivity index (χ3v) is 7.34. The number of alkyl halides is 3. The highest BCUT2D eigenvalue weighted by Crippen LogP contribution is 2.33. The molecular formula is C26H28F3N3O4S. The van der Waals surface area contributed by atoms with Crippen molar-refractivity contribution in [2.24, 2.45) is 4.99 Å². The Labute approximate surface area is 216 Å². The first kappa shape index (κ1) is 26.9. The van der Waals surface area contributed by atoms with E-state index in [0.717, 1.165) is 35.9 Å². The van der Waals surface area contributed by atoms with Crippen molar-refractivity contribution >= 4 is 17.2 Å². The van der Waals surface area contributed by atoms with Crippen LogP contribution in [0.25, 0.3) is 0 Å². The quantitative estimate of drug-likeness (QED) is 0.329. The van der Waals surface area contributed by atoms with Gasteiger partial charge in [-0.05, 0) is 42.5 Å². The Balaban J connectivity index is 1.73. The van der Waals surface area contributed by atoms with Crippen molar-refractivity contribution in [1.82, 2.24) is 4.57 Å². The van der Waals surface area contributed by atoms with Crippen molar-refractivity contribution in [1.29, 1.82) is 0 Å². The van der Waals surface area contributed by atoms with Crippen molar-refractivity contribution < 1.29 is 32.2 Å². The second-order valence-electron chi connectivity index (χ2n) is 9.85. The number of ether oxygens (including phenoxy) is 2. The number of nitrogens with zero attached hydrogens (tertiary/aromatic N) is 3. The highest BCUT2D eigenvalue weighted by atomic mass is 32.1. The summed E-state index contributed by atoms with van der Waals surface area (Å²) in [6, 6.07) is 7.36. The Morgan fingerprint density at radius 1 is 1.27 bits per heavy atom. The van der Waals surface area contributed by atoms with Crippen LogP contribution in [0.3, 0.4) is 0 Å². The molecule has 1 atom stereocenters. The number of carbonyl (C=O) groups excluding carboxylic acids is 1. The Hall–Kier alpha value is -3.18. The zero-order valence-corrected chi connectivity index (χ0v) is 21.6. The van der Waals surface area contributed by atoms with E-state index in [-0.39, 0.29) is 35.1 Å². The number of hydrogen-bond acceptors (Lipinski definition) is 5. The number of amides is 1. The fourth-order valence-corrected chi connectivity index (χ4v) is 4.88. The van der Waals surface area contributed by atoms with Crippen LogP contribution >= 0.6 is 11.3 Å². The van der Waals surface area contributed by atoms with Gasteiger partial charge in [-0.2, -0.15) is 22.9 Å². The van der Waals surface area contributed by atoms with Gasteiger partial charge < -0.3 is 19.2 Å². The Kier molecular flexibility index (Phi) is 7.75. The smallest absolute Gasteiger partial charge is 0.416 e. The standard InChI is InChI=1S/C26H28F3N3O4S/c1-25(2,3)22-15-31(14-19-8-6-12-35-19)24(37-22)30-23(33)20-13-17(26(27,28)29)9-10-21(20)36-16-18-7-4-5-11-32(18)34/h4-5,7,9-11,13,15,19H,6,8,12,14,16H2,1-3H3/t19-/m1/s1. The Bertz CT molecular complexity index is 1340. The molecule has 0 aliphatic carbocycles. The maximum atomic E-state index is 13.5. The van der Waals surface area contributed by atoms with Crippen LogP contribution in [0.4, 0.5) is 13.2 Å². The molecule has 0 bridgehead atoms. The van der Waals surface area contributed by atoms with E-state index in [4.69, 9.17) is 9.47 Å². The Morgan fingerprint density at radius 3 is 2.70 bits per heavy atom. The van der Waals surface area contributed by atoms with E-state index >= 15 is 0 Å². The first-order valence-electron chi connectivity index (χ1n) is 11.8. The SMILES string of the molecule is CC(C)(C)c1cn(C[C@H]2CCCO2)c(=NC(=O)c2cc(C(F)(F)F)ccc2OCc2cccc[n+]2[O-])s1. The van der Waals surface area contributed by atoms with Gasteiger partial charge in [0.1, 0.15) is 5.75 Å². The summed E-state index contributed by atoms with van der Waals surface area (Å²) < 4.78 is 54.2. The summed E-state index contributed by atoms with van der Waals surface area (Å²) in [5.41, 5.74) is -1.31. The molecule has 198 valence electrons. The van der Waals surface area contributed by atoms with Gasteiger partial charge in [-0.25, -0.2) is 0 Å². The first-order chi connectivity index (χ1) is 17.4. The molecule has 0 radical (unpaired) electrons. The molecule has 1 aromatic carbocycles. The monoisotopic (exact) mass is 535 g/mol. The molecule has 1 aliphatic heterocycles. The fraction of sp³-hybridized carbons (Fsp3) is 0.423. The predicted molar refractivity (Wildman–Crippen MR) is 131 cm³/mol. The highest BCUT2D eigenvalue weighted by Gasteiger charge is 2.32. The average molecular weight is 536 g/mol. The normalized spacial score (nSPS) is 16.8. The summed E-state index contributed by atoms with van der Waals surface area (Å²) in [7, 11) is 0. The number of thiazole rings is 1. The molecule has 3 heterocycles. The summed E-state index contributed by atoms with van der Waals surface area (Å²) >= 11 is 1.31. The molecule has 1 amide bonds. The van der Waals surface area contributed by atoms with Crippen molar-refractivity contribution in [3.05, 3.63) is 80.5 Å². The zero-order valence-electron chi connectivity index (χ0n) is 20.7. The lowest BCUT2D eigenvalue weighted by atomic mass is 9.95. The molecule has 37 heavy (non-hydrogen) atoms. The van der Waals surface area contributed by atoms with Crippen molar-refractivity contribution in [2.75, 3.05) is 6.61 Å². The minimum absolute atomic E-state index is 0.0198. The summed E-state index contributed by atoms with van der Waals surface area (Å²) in [5, 5.41) is 11.9. The van der Waals surface area contributed by atoms with Gasteiger partial charge in [0.25, 0.3) is 5.91 Å². The minimum Gasteiger partial charge on any atom is -0.618 e. The van der Waals surface area contributed by atoms with Crippen molar-refractivity contribution in [2.45, 2.75) is 64.5 Å². The molecule has 1 fully saturated rings. The second kappa shape index (κ2) is 10.7. The van der Waals surface area contributed by atoms with E-state index in [2.05, 4.69) is 4.99 Å². The van der Waals surface area contributed by atoms with Crippen LogP contribution in [-0.4, -0.2) is 23.2 Å². The van der Waals surface area contributed by atoms with Crippen molar-refractivity contribution in [3.63, 3.8) is 0 Å². The number of hydrogen-bond donors (Lipinski definition) is 0. The number of rotatable bonds is 6. The number of pyridine rings is 1. The van der Waals surface area contributed by atoms with Crippen LogP contribution < -0.4 is 14.3 Å². The van der Waals surface area contributed by atoms with Crippen LogP contribution in [0.1, 0.15) is 60.1 Å². The third-order valence-electron chi connectivity index (χ3n) is 5.90. The van der Waals surface area contributed by atoms with Gasteiger partial charge in [0.2, 0.25) is 5.69 Å². The molecule has 3 aromatic rings. The molecule has 4 rings (SSSR count). The van der Waals surface area contributed by atoms with E-state index in [1.165, 1.54) is 23.6 Å². The van der Waals surface area contributed by atoms with Gasteiger partial charge in [0, 0.05) is 29.8 Å². The van der Waals surface area contributed by atoms with Crippen LogP contribution in [0.15, 0.2) is 53.8 Å². The number of halogens is 3. The maximum Gasteiger partial charge on any atom is 0.416 e. The van der Waals surface area contributed by atoms with Gasteiger partial charge in [-0.15, -0.1) is 11.3 Å². The highest BCUT2D eigenvalue weighted by molar-refractivity contribution is 7.09. The van der Waals surface area contributed by atoms with Gasteiger partial charge in [-0.3, -0.25) is 4.79 Å². The van der Waals surface area contributed by atoms with Gasteiger partial charge >= 0.3 is 6.18 Å². The molecule has 0 N–H and O–H groups in total. The van der Waals surface area contributed by atoms with Crippen LogP contribution in [0.2, 0.25) is 0 Å². The second-order valence-corrected chi connectivity index (χ2v) is 10.9. The van der Waals surface area contributed by atoms with E-state index in [9.17, 15) is 23.2 Å². The lowest BCUT2D eigenvalue weighted by Crippen LogP contribution is -2.31. The Morgan fingerprint density at radius 2 is 2.05 bits per heavy atom. The van der Waals surface area contributed by atoms with Gasteiger partial charge in [0.05, 0.1) is 23.8 Å². The number of carbonyl (C=O) groups is 1. The van der Waals surface area contributed by atoms with Crippen molar-refractivity contribution in [3.8, 4) is 5.75 Å². The van der Waals surface area contributed by atoms with E-state index < -0.39 is 17.6 Å². The van der Waals surface area contributed by atoms with E-state index in [0.29, 0.717) is 22.7 Å². The zero-order chi connectivity index (χ0) is 26.8. The molecule has 2 aromatic heterocycles. The lowest BCUT2D eigenvalue weighted by Gasteiger charge is -2.15. The first-order valence-corrected chi connectivity index (χ1v) is 12.7. The maximum absolute atomic E-state index is 13.5. The fourth-order valence-electron chi connectivity index (χ4n) is 3.83. The number of aromatic nitrogens is 2. The van der Waals surface area contributed by atoms with Crippen LogP contribution in [0.5, 0.6) is 5.75 Å². The van der Waals surface area contributed by atoms with Crippen LogP contribution in [0, 0.1) is 5.21 Å². The topological polar surface area (TPSA) is 79.8 Å². The molecule has 0 saturated carbocycles. The van der Waals surface area contributed by atoms with Gasteiger partial charge in [-0.1, -0.05) is 20.8 Å². The molecule has 1 saturated heterocycles. The molecule has 0 unspecified atom stereocenters. The summed E-state index contributed by atoms with van der Waals surface area (Å²) in [4.78, 5) is 18.9. The molecular weight excluding hydrogens is 507 g/mol. The third kappa shape index (κ3) is 6.58. The number of benzene rings is 1. The summed E-state index contributed by atoms with van der Waals surface area (Å²) in [6.07, 6.45) is 0.350. The predicted octanol–water partition coefficient (Wildman–Crippen LogP) is 5.00. The lowest BCUT2D eigenvalue weighted by molar-refractivity contribution is -0.616. The van der Waals surface area contributed by atoms with Gasteiger partial charge in [0.15, 0.2) is 17.6 Å². The molecule has 1 aliphatic rings.